The average Bonchev–Trinajstić information content (AvgIpc) is 2.28. The molecule has 3 nitrogen and oxygen atoms in total. The Morgan fingerprint density at radius 3 is 2.82 bits per heavy atom. The summed E-state index contributed by atoms with van der Waals surface area (Å²) < 4.78 is 1.03. The van der Waals surface area contributed by atoms with Crippen molar-refractivity contribution < 1.29 is 4.79 Å². The van der Waals surface area contributed by atoms with Crippen LogP contribution in [0.5, 0.6) is 0 Å². The predicted molar refractivity (Wildman–Crippen MR) is 73.5 cm³/mol. The van der Waals surface area contributed by atoms with E-state index in [2.05, 4.69) is 15.9 Å². The van der Waals surface area contributed by atoms with E-state index in [1.165, 1.54) is 0 Å². The molecule has 0 aliphatic carbocycles. The van der Waals surface area contributed by atoms with Crippen LogP contribution in [-0.2, 0) is 11.3 Å². The minimum Gasteiger partial charge on any atom is -0.341 e. The Morgan fingerprint density at radius 2 is 2.24 bits per heavy atom. The number of hydrogen-bond acceptors (Lipinski definition) is 2. The highest BCUT2D eigenvalue weighted by Gasteiger charge is 2.12. The van der Waals surface area contributed by atoms with E-state index in [1.54, 1.807) is 4.90 Å². The second kappa shape index (κ2) is 6.77. The predicted octanol–water partition coefficient (Wildman–Crippen LogP) is 2.39. The Morgan fingerprint density at radius 1 is 1.53 bits per heavy atom. The van der Waals surface area contributed by atoms with Crippen molar-refractivity contribution in [1.29, 1.82) is 0 Å². The van der Waals surface area contributed by atoms with Crippen molar-refractivity contribution in [1.82, 2.24) is 4.90 Å². The summed E-state index contributed by atoms with van der Waals surface area (Å²) in [6, 6.07) is 7.99. The van der Waals surface area contributed by atoms with Crippen molar-refractivity contribution in [3.8, 4) is 0 Å². The molecule has 0 aliphatic rings. The lowest BCUT2D eigenvalue weighted by molar-refractivity contribution is -0.131. The van der Waals surface area contributed by atoms with E-state index in [9.17, 15) is 4.79 Å². The first-order chi connectivity index (χ1) is 8.02. The van der Waals surface area contributed by atoms with E-state index in [0.717, 1.165) is 10.0 Å². The fourth-order valence-corrected chi connectivity index (χ4v) is 1.98. The highest BCUT2D eigenvalue weighted by atomic mass is 79.9. The molecular weight excluding hydrogens is 280 g/mol. The van der Waals surface area contributed by atoms with Crippen molar-refractivity contribution in [2.45, 2.75) is 19.9 Å². The number of rotatable bonds is 5. The number of carbonyl (C=O) groups excluding carboxylic acids is 1. The van der Waals surface area contributed by atoms with Gasteiger partial charge in [-0.2, -0.15) is 0 Å². The van der Waals surface area contributed by atoms with E-state index in [0.29, 0.717) is 19.5 Å². The quantitative estimate of drug-likeness (QED) is 0.907. The first-order valence-electron chi connectivity index (χ1n) is 5.71. The summed E-state index contributed by atoms with van der Waals surface area (Å²) in [6.07, 6.45) is 0.515. The van der Waals surface area contributed by atoms with E-state index in [-0.39, 0.29) is 11.8 Å². The summed E-state index contributed by atoms with van der Waals surface area (Å²) in [5.41, 5.74) is 6.64. The lowest BCUT2D eigenvalue weighted by Gasteiger charge is -2.19. The van der Waals surface area contributed by atoms with Crippen LogP contribution in [0.3, 0.4) is 0 Å². The van der Waals surface area contributed by atoms with Crippen LogP contribution in [0, 0.1) is 5.92 Å². The highest BCUT2D eigenvalue weighted by molar-refractivity contribution is 9.10. The van der Waals surface area contributed by atoms with Crippen LogP contribution >= 0.6 is 15.9 Å². The smallest absolute Gasteiger partial charge is 0.222 e. The van der Waals surface area contributed by atoms with Crippen LogP contribution in [0.25, 0.3) is 0 Å². The Kier molecular flexibility index (Phi) is 5.65. The molecule has 94 valence electrons. The normalized spacial score (nSPS) is 12.2. The van der Waals surface area contributed by atoms with Gasteiger partial charge in [-0.25, -0.2) is 0 Å². The van der Waals surface area contributed by atoms with Gasteiger partial charge in [0.15, 0.2) is 0 Å². The lowest BCUT2D eigenvalue weighted by atomic mass is 10.1. The zero-order valence-corrected chi connectivity index (χ0v) is 11.9. The number of hydrogen-bond donors (Lipinski definition) is 1. The van der Waals surface area contributed by atoms with Gasteiger partial charge >= 0.3 is 0 Å². The molecular formula is C13H19BrN2O. The Bertz CT molecular complexity index is 381. The monoisotopic (exact) mass is 298 g/mol. The van der Waals surface area contributed by atoms with Crippen LogP contribution in [0.15, 0.2) is 28.7 Å². The zero-order chi connectivity index (χ0) is 12.8. The number of amides is 1. The summed E-state index contributed by atoms with van der Waals surface area (Å²) in [5.74, 6) is 0.385. The first kappa shape index (κ1) is 14.2. The molecule has 1 rings (SSSR count). The molecule has 0 saturated heterocycles. The van der Waals surface area contributed by atoms with Crippen LogP contribution in [0.2, 0.25) is 0 Å². The van der Waals surface area contributed by atoms with E-state index in [1.807, 2.05) is 38.2 Å². The molecule has 0 fully saturated rings. The Hall–Kier alpha value is -0.870. The summed E-state index contributed by atoms with van der Waals surface area (Å²) in [6.45, 7) is 3.18. The summed E-state index contributed by atoms with van der Waals surface area (Å²) in [4.78, 5) is 13.6. The van der Waals surface area contributed by atoms with E-state index in [4.69, 9.17) is 5.73 Å². The topological polar surface area (TPSA) is 46.3 Å². The van der Waals surface area contributed by atoms with Gasteiger partial charge in [0.25, 0.3) is 0 Å². The molecule has 17 heavy (non-hydrogen) atoms. The van der Waals surface area contributed by atoms with Crippen LogP contribution in [0.4, 0.5) is 0 Å². The van der Waals surface area contributed by atoms with Crippen molar-refractivity contribution in [3.05, 3.63) is 34.3 Å². The fraction of sp³-hybridized carbons (Fsp3) is 0.462. The number of carbonyl (C=O) groups is 1. The molecule has 1 unspecified atom stereocenters. The molecule has 0 saturated carbocycles. The molecule has 1 aromatic carbocycles. The average molecular weight is 299 g/mol. The van der Waals surface area contributed by atoms with Gasteiger partial charge in [-0.1, -0.05) is 35.0 Å². The molecule has 2 N–H and O–H groups in total. The van der Waals surface area contributed by atoms with Crippen molar-refractivity contribution >= 4 is 21.8 Å². The fourth-order valence-electron chi connectivity index (χ4n) is 1.53. The van der Waals surface area contributed by atoms with Crippen molar-refractivity contribution in [2.24, 2.45) is 11.7 Å². The zero-order valence-electron chi connectivity index (χ0n) is 10.3. The molecule has 0 aliphatic heterocycles. The summed E-state index contributed by atoms with van der Waals surface area (Å²) in [7, 11) is 1.83. The van der Waals surface area contributed by atoms with Crippen LogP contribution in [-0.4, -0.2) is 24.4 Å². The highest BCUT2D eigenvalue weighted by Crippen LogP contribution is 2.13. The van der Waals surface area contributed by atoms with Gasteiger partial charge in [0.05, 0.1) is 0 Å². The van der Waals surface area contributed by atoms with Crippen molar-refractivity contribution in [3.63, 3.8) is 0 Å². The summed E-state index contributed by atoms with van der Waals surface area (Å²) in [5, 5.41) is 0. The molecule has 0 radical (unpaired) electrons. The largest absolute Gasteiger partial charge is 0.341 e. The first-order valence-corrected chi connectivity index (χ1v) is 6.50. The molecule has 1 amide bonds. The number of benzene rings is 1. The van der Waals surface area contributed by atoms with E-state index < -0.39 is 0 Å². The maximum Gasteiger partial charge on any atom is 0.222 e. The maximum absolute atomic E-state index is 11.9. The minimum atomic E-state index is 0.142. The van der Waals surface area contributed by atoms with Gasteiger partial charge in [0.2, 0.25) is 5.91 Å². The van der Waals surface area contributed by atoms with Crippen LogP contribution in [0.1, 0.15) is 18.9 Å². The number of nitrogens with two attached hydrogens (primary N) is 1. The van der Waals surface area contributed by atoms with Gasteiger partial charge in [-0.05, 0) is 30.2 Å². The molecule has 0 aromatic heterocycles. The van der Waals surface area contributed by atoms with Gasteiger partial charge in [-0.3, -0.25) is 4.79 Å². The molecule has 0 heterocycles. The van der Waals surface area contributed by atoms with Crippen molar-refractivity contribution in [2.75, 3.05) is 13.6 Å². The summed E-state index contributed by atoms with van der Waals surface area (Å²) >= 11 is 3.42. The SMILES string of the molecule is CC(CN)CC(=O)N(C)Cc1cccc(Br)c1. The van der Waals surface area contributed by atoms with Gasteiger partial charge in [0, 0.05) is 24.5 Å². The second-order valence-electron chi connectivity index (χ2n) is 4.42. The standard InChI is InChI=1S/C13H19BrN2O/c1-10(8-15)6-13(17)16(2)9-11-4-3-5-12(14)7-11/h3-5,7,10H,6,8-9,15H2,1-2H3. The minimum absolute atomic E-state index is 0.142. The number of halogens is 1. The van der Waals surface area contributed by atoms with Crippen LogP contribution < -0.4 is 5.73 Å². The van der Waals surface area contributed by atoms with Gasteiger partial charge in [0.1, 0.15) is 0 Å². The number of nitrogens with zero attached hydrogens (tertiary/aromatic N) is 1. The van der Waals surface area contributed by atoms with E-state index >= 15 is 0 Å². The van der Waals surface area contributed by atoms with Gasteiger partial charge in [-0.15, -0.1) is 0 Å². The Labute approximate surface area is 111 Å². The third-order valence-electron chi connectivity index (χ3n) is 2.66. The third kappa shape index (κ3) is 4.88. The third-order valence-corrected chi connectivity index (χ3v) is 3.15. The molecule has 0 spiro atoms. The molecule has 1 atom stereocenters. The van der Waals surface area contributed by atoms with Gasteiger partial charge < -0.3 is 10.6 Å². The second-order valence-corrected chi connectivity index (χ2v) is 5.34. The maximum atomic E-state index is 11.9. The molecule has 4 heteroatoms. The Balaban J connectivity index is 2.54. The lowest BCUT2D eigenvalue weighted by Crippen LogP contribution is -2.29. The molecule has 0 bridgehead atoms. The molecule has 1 aromatic rings.